The highest BCUT2D eigenvalue weighted by Crippen LogP contribution is 2.23. The maximum absolute atomic E-state index is 13.6. The predicted molar refractivity (Wildman–Crippen MR) is 85.5 cm³/mol. The van der Waals surface area contributed by atoms with Gasteiger partial charge in [0, 0.05) is 17.3 Å². The summed E-state index contributed by atoms with van der Waals surface area (Å²) in [5, 5.41) is 3.93. The highest BCUT2D eigenvalue weighted by Gasteiger charge is 2.17. The first-order valence-electron chi connectivity index (χ1n) is 6.75. The number of aromatic nitrogens is 2. The van der Waals surface area contributed by atoms with E-state index < -0.39 is 17.4 Å². The van der Waals surface area contributed by atoms with Crippen LogP contribution in [0.4, 0.5) is 4.39 Å². The molecule has 0 spiro atoms. The van der Waals surface area contributed by atoms with E-state index in [0.29, 0.717) is 16.4 Å². The van der Waals surface area contributed by atoms with Crippen molar-refractivity contribution in [2.24, 2.45) is 5.11 Å². The Labute approximate surface area is 135 Å². The van der Waals surface area contributed by atoms with Crippen LogP contribution in [0.2, 0.25) is 5.02 Å². The standard InChI is InChI=1S/C15H11ClFN5O/c1-9(19-20-18)13-8-21-6-5-12(16)14(21)15(23)22(13)11-4-2-3-10(17)7-11/h2-9H,1H3. The minimum atomic E-state index is -0.624. The molecule has 8 heteroatoms. The Bertz CT molecular complexity index is 1000. The van der Waals surface area contributed by atoms with Crippen molar-refractivity contribution < 1.29 is 4.39 Å². The molecule has 1 aromatic carbocycles. The molecule has 2 heterocycles. The van der Waals surface area contributed by atoms with E-state index in [0.717, 1.165) is 0 Å². The molecule has 0 aliphatic carbocycles. The molecule has 0 N–H and O–H groups in total. The Kier molecular flexibility index (Phi) is 3.82. The van der Waals surface area contributed by atoms with Crippen LogP contribution in [0.1, 0.15) is 18.7 Å². The summed E-state index contributed by atoms with van der Waals surface area (Å²) in [4.78, 5) is 15.6. The molecular weight excluding hydrogens is 321 g/mol. The highest BCUT2D eigenvalue weighted by atomic mass is 35.5. The topological polar surface area (TPSA) is 75.2 Å². The third-order valence-corrected chi connectivity index (χ3v) is 3.83. The number of azide groups is 1. The van der Waals surface area contributed by atoms with Crippen LogP contribution in [-0.4, -0.2) is 8.97 Å². The van der Waals surface area contributed by atoms with Crippen molar-refractivity contribution in [1.29, 1.82) is 0 Å². The van der Waals surface area contributed by atoms with Crippen molar-refractivity contribution in [2.45, 2.75) is 13.0 Å². The summed E-state index contributed by atoms with van der Waals surface area (Å²) >= 11 is 6.07. The highest BCUT2D eigenvalue weighted by molar-refractivity contribution is 6.33. The zero-order valence-corrected chi connectivity index (χ0v) is 12.8. The molecule has 0 radical (unpaired) electrons. The molecule has 3 rings (SSSR count). The Balaban J connectivity index is 2.43. The fourth-order valence-corrected chi connectivity index (χ4v) is 2.71. The van der Waals surface area contributed by atoms with Gasteiger partial charge < -0.3 is 4.40 Å². The molecular formula is C15H11ClFN5O. The molecule has 23 heavy (non-hydrogen) atoms. The lowest BCUT2D eigenvalue weighted by atomic mass is 10.2. The molecule has 0 saturated carbocycles. The van der Waals surface area contributed by atoms with Crippen molar-refractivity contribution in [3.63, 3.8) is 0 Å². The van der Waals surface area contributed by atoms with Gasteiger partial charge in [0.2, 0.25) is 0 Å². The summed E-state index contributed by atoms with van der Waals surface area (Å²) in [6, 6.07) is 6.60. The number of benzene rings is 1. The van der Waals surface area contributed by atoms with Gasteiger partial charge in [0.25, 0.3) is 5.56 Å². The van der Waals surface area contributed by atoms with E-state index in [1.807, 2.05) is 0 Å². The Morgan fingerprint density at radius 3 is 2.87 bits per heavy atom. The van der Waals surface area contributed by atoms with Gasteiger partial charge >= 0.3 is 0 Å². The van der Waals surface area contributed by atoms with Gasteiger partial charge in [-0.3, -0.25) is 9.36 Å². The van der Waals surface area contributed by atoms with Gasteiger partial charge in [-0.2, -0.15) is 0 Å². The number of rotatable bonds is 3. The van der Waals surface area contributed by atoms with Gasteiger partial charge in [-0.1, -0.05) is 29.7 Å². The summed E-state index contributed by atoms with van der Waals surface area (Å²) in [5.41, 5.74) is 9.30. The fourth-order valence-electron chi connectivity index (χ4n) is 2.48. The van der Waals surface area contributed by atoms with Crippen LogP contribution in [0.25, 0.3) is 21.6 Å². The zero-order valence-electron chi connectivity index (χ0n) is 12.0. The van der Waals surface area contributed by atoms with E-state index in [-0.39, 0.29) is 5.52 Å². The predicted octanol–water partition coefficient (Wildman–Crippen LogP) is 4.25. The van der Waals surface area contributed by atoms with Crippen molar-refractivity contribution in [3.8, 4) is 5.69 Å². The number of halogens is 2. The number of nitrogens with zero attached hydrogens (tertiary/aromatic N) is 5. The molecule has 0 saturated heterocycles. The third kappa shape index (κ3) is 2.56. The summed E-state index contributed by atoms with van der Waals surface area (Å²) < 4.78 is 16.4. The van der Waals surface area contributed by atoms with E-state index in [2.05, 4.69) is 10.0 Å². The van der Waals surface area contributed by atoms with Crippen LogP contribution < -0.4 is 5.56 Å². The summed E-state index contributed by atoms with van der Waals surface area (Å²) in [6.07, 6.45) is 3.29. The van der Waals surface area contributed by atoms with Gasteiger partial charge in [0.1, 0.15) is 11.3 Å². The normalized spacial score (nSPS) is 12.1. The minimum absolute atomic E-state index is 0.271. The van der Waals surface area contributed by atoms with E-state index in [1.165, 1.54) is 22.8 Å². The molecule has 0 fully saturated rings. The summed E-state index contributed by atoms with van der Waals surface area (Å²) in [6.45, 7) is 1.65. The lowest BCUT2D eigenvalue weighted by molar-refractivity contribution is 0.624. The number of hydrogen-bond acceptors (Lipinski definition) is 2. The second kappa shape index (κ2) is 5.79. The largest absolute Gasteiger partial charge is 0.316 e. The molecule has 2 aromatic heterocycles. The first-order chi connectivity index (χ1) is 11.0. The van der Waals surface area contributed by atoms with Gasteiger partial charge in [-0.05, 0) is 29.8 Å². The first-order valence-corrected chi connectivity index (χ1v) is 7.13. The van der Waals surface area contributed by atoms with Crippen LogP contribution >= 0.6 is 11.6 Å². The average molecular weight is 332 g/mol. The smallest absolute Gasteiger partial charge is 0.281 e. The molecule has 0 aliphatic rings. The Hall–Kier alpha value is -2.76. The molecule has 0 aliphatic heterocycles. The molecule has 3 aromatic rings. The van der Waals surface area contributed by atoms with E-state index in [9.17, 15) is 9.18 Å². The first kappa shape index (κ1) is 15.1. The zero-order chi connectivity index (χ0) is 16.6. The molecule has 6 nitrogen and oxygen atoms in total. The van der Waals surface area contributed by atoms with Crippen molar-refractivity contribution in [3.05, 3.63) is 80.1 Å². The van der Waals surface area contributed by atoms with Crippen LogP contribution in [0.3, 0.4) is 0 Å². The molecule has 0 amide bonds. The SMILES string of the molecule is CC(N=[N+]=[N-])c1cn2ccc(Cl)c2c(=O)n1-c1cccc(F)c1. The quantitative estimate of drug-likeness (QED) is 0.401. The summed E-state index contributed by atoms with van der Waals surface area (Å²) in [7, 11) is 0. The van der Waals surface area contributed by atoms with Gasteiger partial charge in [0.15, 0.2) is 0 Å². The van der Waals surface area contributed by atoms with E-state index in [1.54, 1.807) is 35.9 Å². The average Bonchev–Trinajstić information content (AvgIpc) is 2.89. The third-order valence-electron chi connectivity index (χ3n) is 3.52. The maximum atomic E-state index is 13.6. The molecule has 116 valence electrons. The van der Waals surface area contributed by atoms with Gasteiger partial charge in [-0.15, -0.1) is 0 Å². The molecule has 1 unspecified atom stereocenters. The Morgan fingerprint density at radius 1 is 1.39 bits per heavy atom. The molecule has 0 bridgehead atoms. The second-order valence-electron chi connectivity index (χ2n) is 4.97. The van der Waals surface area contributed by atoms with Crippen LogP contribution in [0, 0.1) is 5.82 Å². The van der Waals surface area contributed by atoms with Crippen LogP contribution in [0.5, 0.6) is 0 Å². The number of fused-ring (bicyclic) bond motifs is 1. The maximum Gasteiger partial charge on any atom is 0.281 e. The second-order valence-corrected chi connectivity index (χ2v) is 5.38. The van der Waals surface area contributed by atoms with Gasteiger partial charge in [0.05, 0.1) is 22.4 Å². The molecule has 1 atom stereocenters. The lowest BCUT2D eigenvalue weighted by Gasteiger charge is -2.16. The van der Waals surface area contributed by atoms with Gasteiger partial charge in [-0.25, -0.2) is 4.39 Å². The van der Waals surface area contributed by atoms with E-state index >= 15 is 0 Å². The van der Waals surface area contributed by atoms with Crippen molar-refractivity contribution >= 4 is 17.1 Å². The van der Waals surface area contributed by atoms with E-state index in [4.69, 9.17) is 17.1 Å². The number of hydrogen-bond donors (Lipinski definition) is 0. The lowest BCUT2D eigenvalue weighted by Crippen LogP contribution is -2.25. The monoisotopic (exact) mass is 331 g/mol. The minimum Gasteiger partial charge on any atom is -0.316 e. The van der Waals surface area contributed by atoms with Crippen LogP contribution in [0.15, 0.2) is 52.6 Å². The Morgan fingerprint density at radius 2 is 2.17 bits per heavy atom. The fraction of sp³-hybridized carbons (Fsp3) is 0.133. The van der Waals surface area contributed by atoms with Crippen LogP contribution in [-0.2, 0) is 0 Å². The summed E-state index contributed by atoms with van der Waals surface area (Å²) in [5.74, 6) is -0.474. The van der Waals surface area contributed by atoms with Crippen molar-refractivity contribution in [2.75, 3.05) is 0 Å². The van der Waals surface area contributed by atoms with Crippen molar-refractivity contribution in [1.82, 2.24) is 8.97 Å².